The number of carbonyl (C=O) groups excluding carboxylic acids is 1. The van der Waals surface area contributed by atoms with Crippen molar-refractivity contribution < 1.29 is 9.53 Å². The van der Waals surface area contributed by atoms with Crippen LogP contribution in [0.4, 0.5) is 0 Å². The molecule has 1 N–H and O–H groups in total. The monoisotopic (exact) mass is 349 g/mol. The van der Waals surface area contributed by atoms with Gasteiger partial charge in [-0.15, -0.1) is 0 Å². The molecule has 3 heterocycles. The van der Waals surface area contributed by atoms with Crippen molar-refractivity contribution in [1.82, 2.24) is 14.7 Å². The van der Waals surface area contributed by atoms with E-state index < -0.39 is 5.91 Å². The molecule has 0 fully saturated rings. The van der Waals surface area contributed by atoms with Gasteiger partial charge in [0.1, 0.15) is 22.6 Å². The van der Waals surface area contributed by atoms with Crippen LogP contribution in [0.2, 0.25) is 0 Å². The topological polar surface area (TPSA) is 72.7 Å². The maximum Gasteiger partial charge on any atom is 0.270 e. The molecule has 0 atom stereocenters. The highest BCUT2D eigenvalue weighted by atomic mass is 16.5. The number of pyridine rings is 1. The predicted molar refractivity (Wildman–Crippen MR) is 97.5 cm³/mol. The molecule has 0 saturated heterocycles. The van der Waals surface area contributed by atoms with E-state index in [1.165, 1.54) is 10.6 Å². The average molecular weight is 349 g/mol. The minimum Gasteiger partial charge on any atom is -0.487 e. The highest BCUT2D eigenvalue weighted by molar-refractivity contribution is 5.93. The van der Waals surface area contributed by atoms with Gasteiger partial charge in [0.25, 0.3) is 11.5 Å². The number of hydrogen-bond donors (Lipinski definition) is 1. The minimum absolute atomic E-state index is 0.0272. The van der Waals surface area contributed by atoms with Crippen LogP contribution in [0.1, 0.15) is 35.3 Å². The van der Waals surface area contributed by atoms with E-state index in [1.807, 2.05) is 18.2 Å². The highest BCUT2D eigenvalue weighted by Gasteiger charge is 2.29. The van der Waals surface area contributed by atoms with Crippen molar-refractivity contribution in [3.8, 4) is 5.75 Å². The zero-order valence-corrected chi connectivity index (χ0v) is 14.7. The number of nitrogens with one attached hydrogen (secondary N) is 1. The maximum absolute atomic E-state index is 12.5. The summed E-state index contributed by atoms with van der Waals surface area (Å²) < 4.78 is 7.23. The van der Waals surface area contributed by atoms with Gasteiger partial charge in [0.15, 0.2) is 0 Å². The summed E-state index contributed by atoms with van der Waals surface area (Å²) in [5.41, 5.74) is 2.06. The van der Waals surface area contributed by atoms with Gasteiger partial charge in [0, 0.05) is 25.4 Å². The molecule has 6 heteroatoms. The summed E-state index contributed by atoms with van der Waals surface area (Å²) in [4.78, 5) is 29.0. The van der Waals surface area contributed by atoms with E-state index in [0.29, 0.717) is 12.2 Å². The number of carbonyl (C=O) groups is 1. The van der Waals surface area contributed by atoms with Crippen molar-refractivity contribution >= 4 is 11.6 Å². The van der Waals surface area contributed by atoms with E-state index in [-0.39, 0.29) is 16.7 Å². The van der Waals surface area contributed by atoms with Crippen LogP contribution in [0.15, 0.2) is 53.6 Å². The molecular formula is C20H19N3O3. The normalized spacial score (nSPS) is 14.7. The number of hydrogen-bond acceptors (Lipinski definition) is 4. The van der Waals surface area contributed by atoms with Crippen molar-refractivity contribution in [2.45, 2.75) is 32.4 Å². The number of benzene rings is 1. The number of rotatable bonds is 3. The first kappa shape index (κ1) is 16.3. The molecule has 26 heavy (non-hydrogen) atoms. The lowest BCUT2D eigenvalue weighted by Crippen LogP contribution is -2.31. The van der Waals surface area contributed by atoms with Crippen molar-refractivity contribution in [2.24, 2.45) is 0 Å². The second-order valence-corrected chi connectivity index (χ2v) is 7.07. The molecule has 0 spiro atoms. The van der Waals surface area contributed by atoms with E-state index in [0.717, 1.165) is 23.3 Å². The molecule has 0 bridgehead atoms. The van der Waals surface area contributed by atoms with Gasteiger partial charge in [-0.1, -0.05) is 18.2 Å². The highest BCUT2D eigenvalue weighted by Crippen LogP contribution is 2.35. The van der Waals surface area contributed by atoms with E-state index in [1.54, 1.807) is 24.4 Å². The smallest absolute Gasteiger partial charge is 0.270 e. The number of aromatic nitrogens is 2. The lowest BCUT2D eigenvalue weighted by molar-refractivity contribution is 0.0949. The van der Waals surface area contributed by atoms with E-state index in [4.69, 9.17) is 4.74 Å². The van der Waals surface area contributed by atoms with E-state index in [2.05, 4.69) is 24.1 Å². The molecule has 3 aromatic rings. The van der Waals surface area contributed by atoms with Crippen LogP contribution in [0, 0.1) is 0 Å². The number of ether oxygens (including phenoxy) is 1. The molecule has 1 aromatic carbocycles. The molecule has 0 saturated carbocycles. The average Bonchev–Trinajstić information content (AvgIpc) is 2.93. The van der Waals surface area contributed by atoms with Crippen LogP contribution >= 0.6 is 0 Å². The molecular weight excluding hydrogens is 330 g/mol. The van der Waals surface area contributed by atoms with Crippen molar-refractivity contribution in [3.05, 3.63) is 75.8 Å². The molecule has 2 aromatic heterocycles. The Morgan fingerprint density at radius 2 is 2.15 bits per heavy atom. The van der Waals surface area contributed by atoms with Gasteiger partial charge in [-0.05, 0) is 43.2 Å². The van der Waals surface area contributed by atoms with Crippen molar-refractivity contribution in [3.63, 3.8) is 0 Å². The summed E-state index contributed by atoms with van der Waals surface area (Å²) in [6.07, 6.45) is 3.76. The van der Waals surface area contributed by atoms with E-state index in [9.17, 15) is 9.59 Å². The third kappa shape index (κ3) is 2.94. The molecule has 132 valence electrons. The summed E-state index contributed by atoms with van der Waals surface area (Å²) in [5.74, 6) is 0.458. The first-order valence-electron chi connectivity index (χ1n) is 8.48. The lowest BCUT2D eigenvalue weighted by atomic mass is 10.0. The fourth-order valence-corrected chi connectivity index (χ4v) is 3.23. The first-order chi connectivity index (χ1) is 12.4. The fourth-order valence-electron chi connectivity index (χ4n) is 3.23. The Balaban J connectivity index is 1.52. The van der Waals surface area contributed by atoms with Gasteiger partial charge in [0.2, 0.25) is 0 Å². The SMILES string of the molecule is CC1(C)Cc2cc(CNC(=O)c3cnc4ccccn4c3=O)ccc2O1. The van der Waals surface area contributed by atoms with Gasteiger partial charge in [-0.3, -0.25) is 14.0 Å². The standard InChI is InChI=1S/C20H19N3O3/c1-20(2)10-14-9-13(6-7-16(14)26-20)11-22-18(24)15-12-21-17-5-3-4-8-23(17)19(15)25/h3-9,12H,10-11H2,1-2H3,(H,22,24). The zero-order valence-electron chi connectivity index (χ0n) is 14.7. The zero-order chi connectivity index (χ0) is 18.3. The Morgan fingerprint density at radius 3 is 3.00 bits per heavy atom. The second-order valence-electron chi connectivity index (χ2n) is 7.07. The lowest BCUT2D eigenvalue weighted by Gasteiger charge is -2.16. The summed E-state index contributed by atoms with van der Waals surface area (Å²) in [6, 6.07) is 11.1. The molecule has 0 unspecified atom stereocenters. The molecule has 4 rings (SSSR count). The first-order valence-corrected chi connectivity index (χ1v) is 8.48. The number of fused-ring (bicyclic) bond motifs is 2. The maximum atomic E-state index is 12.5. The summed E-state index contributed by atoms with van der Waals surface area (Å²) in [5, 5.41) is 2.80. The van der Waals surface area contributed by atoms with Crippen molar-refractivity contribution in [2.75, 3.05) is 0 Å². The third-order valence-corrected chi connectivity index (χ3v) is 4.44. The third-order valence-electron chi connectivity index (χ3n) is 4.44. The van der Waals surface area contributed by atoms with Crippen LogP contribution < -0.4 is 15.6 Å². The largest absolute Gasteiger partial charge is 0.487 e. The van der Waals surface area contributed by atoms with E-state index >= 15 is 0 Å². The Bertz CT molecular complexity index is 1070. The van der Waals surface area contributed by atoms with Gasteiger partial charge in [-0.25, -0.2) is 4.98 Å². The Labute approximate surface area is 150 Å². The summed E-state index contributed by atoms with van der Waals surface area (Å²) in [6.45, 7) is 4.44. The fraction of sp³-hybridized carbons (Fsp3) is 0.250. The predicted octanol–water partition coefficient (Wildman–Crippen LogP) is 2.34. The summed E-state index contributed by atoms with van der Waals surface area (Å²) in [7, 11) is 0. The molecule has 1 amide bonds. The van der Waals surface area contributed by atoms with Gasteiger partial charge in [-0.2, -0.15) is 0 Å². The van der Waals surface area contributed by atoms with Crippen LogP contribution in [0.5, 0.6) is 5.75 Å². The molecule has 1 aliphatic heterocycles. The molecule has 1 aliphatic rings. The molecule has 0 radical (unpaired) electrons. The number of amides is 1. The van der Waals surface area contributed by atoms with Gasteiger partial charge >= 0.3 is 0 Å². The van der Waals surface area contributed by atoms with Crippen LogP contribution in [-0.4, -0.2) is 20.9 Å². The second kappa shape index (κ2) is 5.98. The molecule has 6 nitrogen and oxygen atoms in total. The Kier molecular flexibility index (Phi) is 3.76. The minimum atomic E-state index is -0.433. The van der Waals surface area contributed by atoms with Crippen LogP contribution in [0.25, 0.3) is 5.65 Å². The van der Waals surface area contributed by atoms with Gasteiger partial charge < -0.3 is 10.1 Å². The summed E-state index contributed by atoms with van der Waals surface area (Å²) >= 11 is 0. The van der Waals surface area contributed by atoms with Crippen LogP contribution in [0.3, 0.4) is 0 Å². The van der Waals surface area contributed by atoms with Crippen LogP contribution in [-0.2, 0) is 13.0 Å². The molecule has 0 aliphatic carbocycles. The Morgan fingerprint density at radius 1 is 1.31 bits per heavy atom. The number of nitrogens with zero attached hydrogens (tertiary/aromatic N) is 2. The van der Waals surface area contributed by atoms with Crippen molar-refractivity contribution in [1.29, 1.82) is 0 Å². The Hall–Kier alpha value is -3.15. The van der Waals surface area contributed by atoms with Gasteiger partial charge in [0.05, 0.1) is 0 Å². The quantitative estimate of drug-likeness (QED) is 0.788.